The molecule has 8 rings (SSSR count). The fraction of sp³-hybridized carbons (Fsp3) is 0.0606. The number of aromatic nitrogens is 3. The van der Waals surface area contributed by atoms with Gasteiger partial charge < -0.3 is 4.42 Å². The number of benzene rings is 4. The number of nitrogens with zero attached hydrogens (tertiary/aromatic N) is 3. The monoisotopic (exact) mass is 507 g/mol. The first kappa shape index (κ1) is 21.5. The first-order chi connectivity index (χ1) is 18.8. The largest absolute Gasteiger partial charge is 0.456 e. The Kier molecular flexibility index (Phi) is 4.79. The topological polar surface area (TPSA) is 51.8 Å². The molecule has 0 saturated heterocycles. The second-order valence-electron chi connectivity index (χ2n) is 9.58. The highest BCUT2D eigenvalue weighted by molar-refractivity contribution is 7.25. The van der Waals surface area contributed by atoms with Gasteiger partial charge in [-0.3, -0.25) is 0 Å². The van der Waals surface area contributed by atoms with Crippen LogP contribution in [0.25, 0.3) is 60.0 Å². The van der Waals surface area contributed by atoms with Gasteiger partial charge in [-0.1, -0.05) is 84.9 Å². The summed E-state index contributed by atoms with van der Waals surface area (Å²) in [5.74, 6) is 3.01. The van der Waals surface area contributed by atoms with Crippen molar-refractivity contribution < 1.29 is 4.42 Å². The van der Waals surface area contributed by atoms with Crippen LogP contribution in [0.4, 0.5) is 0 Å². The molecule has 1 unspecified atom stereocenters. The van der Waals surface area contributed by atoms with Crippen LogP contribution in [0.2, 0.25) is 0 Å². The van der Waals surface area contributed by atoms with Gasteiger partial charge in [0.2, 0.25) is 0 Å². The summed E-state index contributed by atoms with van der Waals surface area (Å²) in [5.41, 5.74) is 4.01. The summed E-state index contributed by atoms with van der Waals surface area (Å²) in [6, 6.07) is 33.5. The molecule has 5 heteroatoms. The van der Waals surface area contributed by atoms with Crippen LogP contribution in [-0.4, -0.2) is 15.0 Å². The SMILES string of the molecule is C1=Cc2oc3ccccc3c2C(c2nc(-c3ccccc3)nc(-c3ccc4c(c3)sc3ccccc34)n2)C1. The minimum absolute atomic E-state index is 0.0177. The van der Waals surface area contributed by atoms with Crippen molar-refractivity contribution in [3.63, 3.8) is 0 Å². The van der Waals surface area contributed by atoms with Crippen LogP contribution in [0.5, 0.6) is 0 Å². The lowest BCUT2D eigenvalue weighted by Gasteiger charge is -2.18. The van der Waals surface area contributed by atoms with E-state index in [0.717, 1.165) is 45.7 Å². The Balaban J connectivity index is 1.34. The van der Waals surface area contributed by atoms with E-state index in [1.165, 1.54) is 20.2 Å². The maximum atomic E-state index is 6.19. The van der Waals surface area contributed by atoms with Crippen LogP contribution < -0.4 is 0 Å². The van der Waals surface area contributed by atoms with E-state index in [-0.39, 0.29) is 5.92 Å². The summed E-state index contributed by atoms with van der Waals surface area (Å²) in [6.07, 6.45) is 5.04. The molecular formula is C33H21N3OS. The molecule has 38 heavy (non-hydrogen) atoms. The van der Waals surface area contributed by atoms with Crippen LogP contribution in [0.3, 0.4) is 0 Å². The number of hydrogen-bond donors (Lipinski definition) is 0. The maximum absolute atomic E-state index is 6.19. The second kappa shape index (κ2) is 8.47. The van der Waals surface area contributed by atoms with Crippen LogP contribution in [-0.2, 0) is 0 Å². The molecule has 4 aromatic carbocycles. The van der Waals surface area contributed by atoms with E-state index in [2.05, 4.69) is 78.9 Å². The summed E-state index contributed by atoms with van der Waals surface area (Å²) in [6.45, 7) is 0. The zero-order chi connectivity index (χ0) is 25.1. The van der Waals surface area contributed by atoms with E-state index in [1.807, 2.05) is 30.3 Å². The van der Waals surface area contributed by atoms with Crippen LogP contribution in [0.1, 0.15) is 29.5 Å². The number of allylic oxidation sites excluding steroid dienone is 1. The smallest absolute Gasteiger partial charge is 0.163 e. The van der Waals surface area contributed by atoms with Gasteiger partial charge in [0.05, 0.1) is 5.92 Å². The van der Waals surface area contributed by atoms with Crippen molar-refractivity contribution in [2.24, 2.45) is 0 Å². The van der Waals surface area contributed by atoms with E-state index in [0.29, 0.717) is 11.6 Å². The Hall–Kier alpha value is -4.61. The Morgan fingerprint density at radius 2 is 1.39 bits per heavy atom. The van der Waals surface area contributed by atoms with E-state index in [9.17, 15) is 0 Å². The van der Waals surface area contributed by atoms with Gasteiger partial charge in [0, 0.05) is 42.2 Å². The van der Waals surface area contributed by atoms with Crippen LogP contribution in [0, 0.1) is 0 Å². The number of para-hydroxylation sites is 1. The molecule has 0 fully saturated rings. The number of thiophene rings is 1. The van der Waals surface area contributed by atoms with Gasteiger partial charge in [-0.05, 0) is 30.7 Å². The molecular weight excluding hydrogens is 486 g/mol. The Morgan fingerprint density at radius 1 is 0.658 bits per heavy atom. The zero-order valence-electron chi connectivity index (χ0n) is 20.3. The summed E-state index contributed by atoms with van der Waals surface area (Å²) < 4.78 is 8.71. The number of fused-ring (bicyclic) bond motifs is 6. The lowest BCUT2D eigenvalue weighted by molar-refractivity contribution is 0.586. The molecule has 0 saturated carbocycles. The van der Waals surface area contributed by atoms with Crippen molar-refractivity contribution in [1.82, 2.24) is 15.0 Å². The van der Waals surface area contributed by atoms with Gasteiger partial charge in [0.1, 0.15) is 17.2 Å². The number of hydrogen-bond acceptors (Lipinski definition) is 5. The molecule has 1 aliphatic rings. The standard InChI is InChI=1S/C33H21N3OS/c1-2-9-20(10-3-1)31-34-32(21-17-18-23-22-11-5-7-16-28(22)38-29(23)19-21)36-33(35-31)25-13-8-15-27-30(25)24-12-4-6-14-26(24)37-27/h1-12,14-19,25H,13H2. The highest BCUT2D eigenvalue weighted by atomic mass is 32.1. The number of rotatable bonds is 3. The fourth-order valence-corrected chi connectivity index (χ4v) is 6.63. The summed E-state index contributed by atoms with van der Waals surface area (Å²) in [5, 5.41) is 3.67. The van der Waals surface area contributed by atoms with Crippen molar-refractivity contribution in [2.45, 2.75) is 12.3 Å². The molecule has 3 heterocycles. The molecule has 0 amide bonds. The first-order valence-corrected chi connectivity index (χ1v) is 13.5. The highest BCUT2D eigenvalue weighted by Crippen LogP contribution is 2.41. The van der Waals surface area contributed by atoms with Crippen LogP contribution >= 0.6 is 11.3 Å². The van der Waals surface area contributed by atoms with E-state index >= 15 is 0 Å². The van der Waals surface area contributed by atoms with Gasteiger partial charge in [0.25, 0.3) is 0 Å². The van der Waals surface area contributed by atoms with Gasteiger partial charge in [-0.2, -0.15) is 0 Å². The predicted octanol–water partition coefficient (Wildman–Crippen LogP) is 8.87. The molecule has 0 N–H and O–H groups in total. The average molecular weight is 508 g/mol. The number of furan rings is 1. The molecule has 0 spiro atoms. The predicted molar refractivity (Wildman–Crippen MR) is 155 cm³/mol. The van der Waals surface area contributed by atoms with Crippen molar-refractivity contribution in [1.29, 1.82) is 0 Å². The molecule has 0 radical (unpaired) electrons. The zero-order valence-corrected chi connectivity index (χ0v) is 21.2. The van der Waals surface area contributed by atoms with Crippen LogP contribution in [0.15, 0.2) is 108 Å². The van der Waals surface area contributed by atoms with Crippen molar-refractivity contribution in [3.05, 3.63) is 120 Å². The molecule has 7 aromatic rings. The first-order valence-electron chi connectivity index (χ1n) is 12.7. The fourth-order valence-electron chi connectivity index (χ4n) is 5.49. The van der Waals surface area contributed by atoms with E-state index in [1.54, 1.807) is 11.3 Å². The minimum atomic E-state index is -0.0177. The Morgan fingerprint density at radius 3 is 2.29 bits per heavy atom. The molecule has 3 aromatic heterocycles. The Labute approximate surface area is 223 Å². The van der Waals surface area contributed by atoms with E-state index in [4.69, 9.17) is 19.4 Å². The second-order valence-corrected chi connectivity index (χ2v) is 10.7. The van der Waals surface area contributed by atoms with Crippen molar-refractivity contribution >= 4 is 48.6 Å². The summed E-state index contributed by atoms with van der Waals surface area (Å²) in [4.78, 5) is 15.1. The third kappa shape index (κ3) is 3.40. The summed E-state index contributed by atoms with van der Waals surface area (Å²) in [7, 11) is 0. The van der Waals surface area contributed by atoms with Gasteiger partial charge in [0.15, 0.2) is 11.6 Å². The van der Waals surface area contributed by atoms with Gasteiger partial charge in [-0.25, -0.2) is 15.0 Å². The maximum Gasteiger partial charge on any atom is 0.163 e. The quantitative estimate of drug-likeness (QED) is 0.240. The molecule has 0 bridgehead atoms. The summed E-state index contributed by atoms with van der Waals surface area (Å²) >= 11 is 1.80. The van der Waals surface area contributed by atoms with Gasteiger partial charge >= 0.3 is 0 Å². The third-order valence-corrected chi connectivity index (χ3v) is 8.42. The van der Waals surface area contributed by atoms with Crippen molar-refractivity contribution in [3.8, 4) is 22.8 Å². The normalized spacial score (nSPS) is 14.9. The van der Waals surface area contributed by atoms with Crippen molar-refractivity contribution in [2.75, 3.05) is 0 Å². The van der Waals surface area contributed by atoms with Gasteiger partial charge in [-0.15, -0.1) is 11.3 Å². The molecule has 1 atom stereocenters. The lowest BCUT2D eigenvalue weighted by atomic mass is 9.88. The Bertz CT molecular complexity index is 2020. The molecule has 4 nitrogen and oxygen atoms in total. The third-order valence-electron chi connectivity index (χ3n) is 7.29. The average Bonchev–Trinajstić information content (AvgIpc) is 3.55. The molecule has 1 aliphatic carbocycles. The lowest BCUT2D eigenvalue weighted by Crippen LogP contribution is -2.11. The highest BCUT2D eigenvalue weighted by Gasteiger charge is 2.28. The van der Waals surface area contributed by atoms with E-state index < -0.39 is 0 Å². The molecule has 0 aliphatic heterocycles. The molecule has 180 valence electrons. The minimum Gasteiger partial charge on any atom is -0.456 e.